The molecule has 158 valence electrons. The molecule has 0 atom stereocenters. The first-order valence-corrected chi connectivity index (χ1v) is 10.6. The van der Waals surface area contributed by atoms with E-state index in [2.05, 4.69) is 4.98 Å². The van der Waals surface area contributed by atoms with Crippen LogP contribution < -0.4 is 14.5 Å². The highest BCUT2D eigenvalue weighted by Gasteiger charge is 2.26. The molecule has 2 aliphatic rings. The molecule has 0 saturated carbocycles. The summed E-state index contributed by atoms with van der Waals surface area (Å²) in [5, 5.41) is 0.990. The van der Waals surface area contributed by atoms with Crippen molar-refractivity contribution in [3.05, 3.63) is 46.6 Å². The van der Waals surface area contributed by atoms with E-state index >= 15 is 0 Å². The van der Waals surface area contributed by atoms with Crippen molar-refractivity contribution in [1.29, 1.82) is 0 Å². The van der Waals surface area contributed by atoms with Crippen molar-refractivity contribution in [2.45, 2.75) is 12.8 Å². The molecular weight excluding hydrogens is 427 g/mol. The van der Waals surface area contributed by atoms with Gasteiger partial charge >= 0.3 is 0 Å². The molecule has 1 saturated heterocycles. The van der Waals surface area contributed by atoms with Crippen LogP contribution in [0.25, 0.3) is 0 Å². The highest BCUT2D eigenvalue weighted by Crippen LogP contribution is 2.31. The number of carbonyl (C=O) groups is 2. The van der Waals surface area contributed by atoms with Crippen LogP contribution in [-0.4, -0.2) is 61.0 Å². The van der Waals surface area contributed by atoms with E-state index in [1.165, 1.54) is 0 Å². The van der Waals surface area contributed by atoms with E-state index in [4.69, 9.17) is 27.9 Å². The van der Waals surface area contributed by atoms with Crippen molar-refractivity contribution >= 4 is 46.5 Å². The summed E-state index contributed by atoms with van der Waals surface area (Å²) in [4.78, 5) is 35.2. The molecule has 0 bridgehead atoms. The molecule has 0 aliphatic carbocycles. The maximum Gasteiger partial charge on any atom is 0.227 e. The lowest BCUT2D eigenvalue weighted by atomic mass is 10.2. The summed E-state index contributed by atoms with van der Waals surface area (Å²) in [6.45, 7) is 3.34. The number of pyridine rings is 1. The van der Waals surface area contributed by atoms with E-state index in [0.717, 1.165) is 5.69 Å². The largest absolute Gasteiger partial charge is 0.490 e. The molecule has 4 rings (SSSR count). The first-order valence-electron chi connectivity index (χ1n) is 9.89. The normalized spacial score (nSPS) is 16.1. The van der Waals surface area contributed by atoms with Crippen LogP contribution in [0.1, 0.15) is 12.8 Å². The minimum Gasteiger partial charge on any atom is -0.490 e. The fourth-order valence-corrected chi connectivity index (χ4v) is 4.24. The highest BCUT2D eigenvalue weighted by molar-refractivity contribution is 6.36. The third kappa shape index (κ3) is 4.47. The van der Waals surface area contributed by atoms with E-state index in [1.807, 2.05) is 29.2 Å². The number of rotatable bonds is 4. The molecule has 0 unspecified atom stereocenters. The van der Waals surface area contributed by atoms with Crippen molar-refractivity contribution in [1.82, 2.24) is 9.88 Å². The topological polar surface area (TPSA) is 66.0 Å². The number of anilines is 2. The van der Waals surface area contributed by atoms with Crippen molar-refractivity contribution in [3.8, 4) is 5.75 Å². The summed E-state index contributed by atoms with van der Waals surface area (Å²) >= 11 is 12.1. The molecule has 9 heteroatoms. The Labute approximate surface area is 185 Å². The summed E-state index contributed by atoms with van der Waals surface area (Å²) in [6.07, 6.45) is 1.94. The molecule has 1 aromatic heterocycles. The number of piperazine rings is 1. The monoisotopic (exact) mass is 448 g/mol. The van der Waals surface area contributed by atoms with Gasteiger partial charge in [0.15, 0.2) is 0 Å². The third-order valence-electron chi connectivity index (χ3n) is 5.30. The van der Waals surface area contributed by atoms with Crippen molar-refractivity contribution in [2.75, 3.05) is 49.1 Å². The standard InChI is InChI=1S/C21H22Cl2N4O3/c22-15-13-16(23)21(24-14-15)26-9-7-25(8-10-26)19(28)5-6-20(29)27-11-12-30-18-4-2-1-3-17(18)27/h1-4,13-14H,5-12H2. The van der Waals surface area contributed by atoms with E-state index in [9.17, 15) is 9.59 Å². The maximum atomic E-state index is 12.7. The second-order valence-corrected chi connectivity index (χ2v) is 8.03. The van der Waals surface area contributed by atoms with E-state index < -0.39 is 0 Å². The lowest BCUT2D eigenvalue weighted by molar-refractivity contribution is -0.133. The summed E-state index contributed by atoms with van der Waals surface area (Å²) < 4.78 is 5.59. The molecule has 7 nitrogen and oxygen atoms in total. The second kappa shape index (κ2) is 9.10. The van der Waals surface area contributed by atoms with Gasteiger partial charge in [-0.05, 0) is 18.2 Å². The van der Waals surface area contributed by atoms with E-state index in [-0.39, 0.29) is 24.7 Å². The Morgan fingerprint density at radius 3 is 2.50 bits per heavy atom. The number of nitrogens with zero attached hydrogens (tertiary/aromatic N) is 4. The Bertz CT molecular complexity index is 948. The third-order valence-corrected chi connectivity index (χ3v) is 5.79. The molecule has 30 heavy (non-hydrogen) atoms. The van der Waals surface area contributed by atoms with Crippen LogP contribution in [0.15, 0.2) is 36.5 Å². The van der Waals surface area contributed by atoms with Crippen LogP contribution in [0.4, 0.5) is 11.5 Å². The zero-order valence-corrected chi connectivity index (χ0v) is 17.9. The van der Waals surface area contributed by atoms with Crippen molar-refractivity contribution < 1.29 is 14.3 Å². The van der Waals surface area contributed by atoms with Gasteiger partial charge in [-0.15, -0.1) is 0 Å². The van der Waals surface area contributed by atoms with Gasteiger partial charge in [-0.2, -0.15) is 0 Å². The Hall–Kier alpha value is -2.51. The van der Waals surface area contributed by atoms with Crippen LogP contribution in [0.2, 0.25) is 10.0 Å². The van der Waals surface area contributed by atoms with Gasteiger partial charge in [-0.3, -0.25) is 9.59 Å². The number of amides is 2. The van der Waals surface area contributed by atoms with Gasteiger partial charge in [0, 0.05) is 45.2 Å². The molecule has 2 aromatic rings. The predicted molar refractivity (Wildman–Crippen MR) is 117 cm³/mol. The van der Waals surface area contributed by atoms with Gasteiger partial charge in [0.1, 0.15) is 18.2 Å². The Morgan fingerprint density at radius 2 is 1.73 bits per heavy atom. The smallest absolute Gasteiger partial charge is 0.227 e. The lowest BCUT2D eigenvalue weighted by Crippen LogP contribution is -2.49. The Morgan fingerprint density at radius 1 is 1.00 bits per heavy atom. The van der Waals surface area contributed by atoms with Gasteiger partial charge in [0.05, 0.1) is 22.3 Å². The van der Waals surface area contributed by atoms with Gasteiger partial charge < -0.3 is 19.4 Å². The lowest BCUT2D eigenvalue weighted by Gasteiger charge is -2.36. The first-order chi connectivity index (χ1) is 14.5. The van der Waals surface area contributed by atoms with Crippen LogP contribution in [0.3, 0.4) is 0 Å². The summed E-state index contributed by atoms with van der Waals surface area (Å²) in [5.41, 5.74) is 0.766. The molecule has 3 heterocycles. The van der Waals surface area contributed by atoms with Gasteiger partial charge in [-0.1, -0.05) is 35.3 Å². The summed E-state index contributed by atoms with van der Waals surface area (Å²) in [7, 11) is 0. The first kappa shape index (κ1) is 20.8. The molecule has 0 N–H and O–H groups in total. The summed E-state index contributed by atoms with van der Waals surface area (Å²) in [5.74, 6) is 1.30. The van der Waals surface area contributed by atoms with Gasteiger partial charge in [0.2, 0.25) is 11.8 Å². The average molecular weight is 449 g/mol. The van der Waals surface area contributed by atoms with Crippen LogP contribution in [-0.2, 0) is 9.59 Å². The molecule has 0 radical (unpaired) electrons. The zero-order chi connectivity index (χ0) is 21.1. The second-order valence-electron chi connectivity index (χ2n) is 7.19. The van der Waals surface area contributed by atoms with E-state index in [0.29, 0.717) is 60.9 Å². The molecule has 0 spiro atoms. The highest BCUT2D eigenvalue weighted by atomic mass is 35.5. The molecular formula is C21H22Cl2N4O3. The quantitative estimate of drug-likeness (QED) is 0.717. The SMILES string of the molecule is O=C(CCC(=O)N1CCOc2ccccc21)N1CCN(c2ncc(Cl)cc2Cl)CC1. The Kier molecular flexibility index (Phi) is 6.29. The molecule has 2 amide bonds. The predicted octanol–water partition coefficient (Wildman–Crippen LogP) is 3.24. The number of aromatic nitrogens is 1. The van der Waals surface area contributed by atoms with E-state index in [1.54, 1.807) is 22.1 Å². The maximum absolute atomic E-state index is 12.7. The number of hydrogen-bond donors (Lipinski definition) is 0. The Balaban J connectivity index is 1.29. The minimum atomic E-state index is -0.0603. The zero-order valence-electron chi connectivity index (χ0n) is 16.4. The molecule has 1 fully saturated rings. The van der Waals surface area contributed by atoms with Crippen molar-refractivity contribution in [3.63, 3.8) is 0 Å². The number of ether oxygens (including phenoxy) is 1. The number of halogens is 2. The number of benzene rings is 1. The summed E-state index contributed by atoms with van der Waals surface area (Å²) in [6, 6.07) is 9.13. The minimum absolute atomic E-state index is 0.0142. The fourth-order valence-electron chi connectivity index (χ4n) is 3.74. The number of para-hydroxylation sites is 2. The molecule has 1 aromatic carbocycles. The van der Waals surface area contributed by atoms with Crippen LogP contribution >= 0.6 is 23.2 Å². The van der Waals surface area contributed by atoms with Crippen LogP contribution in [0, 0.1) is 0 Å². The number of fused-ring (bicyclic) bond motifs is 1. The van der Waals surface area contributed by atoms with Crippen molar-refractivity contribution in [2.24, 2.45) is 0 Å². The molecule has 2 aliphatic heterocycles. The van der Waals surface area contributed by atoms with Gasteiger partial charge in [0.25, 0.3) is 0 Å². The van der Waals surface area contributed by atoms with Crippen LogP contribution in [0.5, 0.6) is 5.75 Å². The van der Waals surface area contributed by atoms with Gasteiger partial charge in [-0.25, -0.2) is 4.98 Å². The average Bonchev–Trinajstić information content (AvgIpc) is 2.77. The fraction of sp³-hybridized carbons (Fsp3) is 0.381. The number of hydrogen-bond acceptors (Lipinski definition) is 5. The number of carbonyl (C=O) groups excluding carboxylic acids is 2.